The van der Waals surface area contributed by atoms with Gasteiger partial charge in [-0.3, -0.25) is 19.8 Å². The van der Waals surface area contributed by atoms with E-state index in [2.05, 4.69) is 15.8 Å². The Morgan fingerprint density at radius 2 is 1.30 bits per heavy atom. The summed E-state index contributed by atoms with van der Waals surface area (Å²) in [7, 11) is 1.39. The molecular weight excluding hydrogens is 1110 g/mol. The minimum atomic E-state index is -2.22. The zero-order valence-corrected chi connectivity index (χ0v) is 48.7. The highest BCUT2D eigenvalue weighted by Gasteiger charge is 2.52. The van der Waals surface area contributed by atoms with Crippen molar-refractivity contribution in [1.82, 2.24) is 5.43 Å². The van der Waals surface area contributed by atoms with Gasteiger partial charge in [0.05, 0.1) is 69.7 Å². The molecule has 4 aliphatic heterocycles. The number of nitrogens with one attached hydrogen (secondary N) is 2. The summed E-state index contributed by atoms with van der Waals surface area (Å²) < 4.78 is 47.9. The molecule has 5 aromatic rings. The number of nitrogens with zero attached hydrogens (tertiary/aromatic N) is 1. The lowest BCUT2D eigenvalue weighted by Gasteiger charge is -2.38. The fourth-order valence-corrected chi connectivity index (χ4v) is 10.6. The second-order valence-corrected chi connectivity index (χ2v) is 21.5. The number of rotatable bonds is 12. The van der Waals surface area contributed by atoms with Gasteiger partial charge in [0, 0.05) is 61.2 Å². The number of carbonyl (C=O) groups excluding carboxylic acids is 6. The summed E-state index contributed by atoms with van der Waals surface area (Å²) in [5.74, 6) is -12.6. The molecule has 0 spiro atoms. The smallest absolute Gasteiger partial charge is 0.338 e. The lowest BCUT2D eigenvalue weighted by Crippen LogP contribution is -2.46. The number of hydrazone groups is 1. The van der Waals surface area contributed by atoms with E-state index in [9.17, 15) is 54.3 Å². The second kappa shape index (κ2) is 26.9. The fourth-order valence-electron chi connectivity index (χ4n) is 10.6. The van der Waals surface area contributed by atoms with Crippen molar-refractivity contribution in [3.63, 3.8) is 0 Å². The van der Waals surface area contributed by atoms with Crippen molar-refractivity contribution in [3.05, 3.63) is 161 Å². The number of hydrogen-bond acceptors (Lipinski definition) is 21. The lowest BCUT2D eigenvalue weighted by molar-refractivity contribution is -0.160. The maximum absolute atomic E-state index is 14.9. The third-order valence-corrected chi connectivity index (χ3v) is 15.6. The number of amides is 1. The molecule has 0 aliphatic carbocycles. The molecule has 5 aromatic carbocycles. The van der Waals surface area contributed by atoms with Crippen LogP contribution in [0.25, 0.3) is 10.8 Å². The SMILES string of the molecule is CO[C@H]1/C=C/O[C@@]2(C)Oc3c(C)c(O)c4c(O)c(c(/C=N/NC5OC(COC(=O)c6ccccc6)C(OC(=O)c6ccccc6)C5OC(=O)c5ccccc5)c(O)c4c3C2=O)NC(=O)/C(C)=C\C=C\[C@H](C)[C@H](O)[C@@H](C)[C@@H](O)[C@@H](C)[C@H](OC(C)=O)[C@@H]1C. The Bertz CT molecular complexity index is 3480. The lowest BCUT2D eigenvalue weighted by atomic mass is 9.78. The molecule has 13 atom stereocenters. The summed E-state index contributed by atoms with van der Waals surface area (Å²) in [6.45, 7) is 11.5. The standard InChI is InChI=1S/C64H69N3O19/c1-32-20-19-21-33(2)59(75)66-48-42(30-65-67-60-57(85-63(78)41-26-17-12-18-27-41)56(84-62(77)40-24-15-11-16-25-40)44(83-60)31-80-61(76)39-22-13-10-14-23-39)52(72)45-46(53(48)73)51(71)37(6)55-47(45)58(74)64(8,86-55)81-29-28-43(79-9)34(3)54(82-38(7)68)36(5)50(70)35(4)49(32)69/h10-30,32,34-36,43-44,49-50,54,56-57,60,67,69-73H,31H2,1-9H3,(H,66,75)/b20-19+,29-28+,33-21-,65-30+/t32-,34+,35+,36+,43-,44?,49-,50+,54+,56?,57?,60?,64-/m0/s1. The molecule has 1 saturated heterocycles. The molecule has 1 amide bonds. The predicted octanol–water partition coefficient (Wildman–Crippen LogP) is 7.71. The Morgan fingerprint density at radius 1 is 0.721 bits per heavy atom. The molecule has 86 heavy (non-hydrogen) atoms. The van der Waals surface area contributed by atoms with Crippen molar-refractivity contribution >= 4 is 58.2 Å². The highest BCUT2D eigenvalue weighted by Crippen LogP contribution is 2.55. The zero-order valence-electron chi connectivity index (χ0n) is 48.7. The highest BCUT2D eigenvalue weighted by atomic mass is 16.7. The van der Waals surface area contributed by atoms with Crippen LogP contribution in [0, 0.1) is 30.6 Å². The second-order valence-electron chi connectivity index (χ2n) is 21.5. The molecule has 0 radical (unpaired) electrons. The van der Waals surface area contributed by atoms with Crippen molar-refractivity contribution in [2.24, 2.45) is 28.8 Å². The van der Waals surface area contributed by atoms with Crippen molar-refractivity contribution in [3.8, 4) is 23.0 Å². The highest BCUT2D eigenvalue weighted by molar-refractivity contribution is 6.24. The molecule has 0 saturated carbocycles. The van der Waals surface area contributed by atoms with Crippen LogP contribution in [0.2, 0.25) is 0 Å². The van der Waals surface area contributed by atoms with E-state index in [-0.39, 0.29) is 39.1 Å². The number of allylic oxidation sites excluding steroid dienone is 2. The molecule has 1 fully saturated rings. The van der Waals surface area contributed by atoms with Gasteiger partial charge < -0.3 is 68.7 Å². The Balaban J connectivity index is 1.24. The van der Waals surface area contributed by atoms with Crippen molar-refractivity contribution in [2.75, 3.05) is 19.0 Å². The topological polar surface area (TPSA) is 314 Å². The number of hydrogen-bond donors (Lipinski definition) is 7. The number of methoxy groups -OCH3 is 1. The number of benzene rings is 5. The van der Waals surface area contributed by atoms with Crippen LogP contribution in [0.5, 0.6) is 23.0 Å². The monoisotopic (exact) mass is 1180 g/mol. The van der Waals surface area contributed by atoms with Gasteiger partial charge in [-0.25, -0.2) is 14.4 Å². The number of aliphatic hydroxyl groups is 2. The van der Waals surface area contributed by atoms with Gasteiger partial charge in [-0.15, -0.1) is 0 Å². The maximum Gasteiger partial charge on any atom is 0.338 e. The van der Waals surface area contributed by atoms with E-state index < -0.39 is 160 Å². The first-order valence-electron chi connectivity index (χ1n) is 27.7. The molecule has 454 valence electrons. The molecule has 22 nitrogen and oxygen atoms in total. The third kappa shape index (κ3) is 13.2. The number of ether oxygens (including phenoxy) is 8. The van der Waals surface area contributed by atoms with E-state index in [0.717, 1.165) is 12.5 Å². The summed E-state index contributed by atoms with van der Waals surface area (Å²) in [4.78, 5) is 82.7. The number of ketones is 1. The number of phenols is 3. The van der Waals surface area contributed by atoms with Crippen LogP contribution in [0.4, 0.5) is 5.69 Å². The van der Waals surface area contributed by atoms with Gasteiger partial charge in [-0.2, -0.15) is 5.10 Å². The fraction of sp³-hybridized carbons (Fsp3) is 0.359. The Kier molecular flexibility index (Phi) is 19.7. The minimum Gasteiger partial charge on any atom is -0.507 e. The Labute approximate surface area is 495 Å². The first-order chi connectivity index (χ1) is 41.0. The van der Waals surface area contributed by atoms with E-state index in [4.69, 9.17) is 37.9 Å². The van der Waals surface area contributed by atoms with Gasteiger partial charge in [0.15, 0.2) is 24.2 Å². The Hall–Kier alpha value is -9.09. The quantitative estimate of drug-likeness (QED) is 0.0157. The number of anilines is 1. The first-order valence-corrected chi connectivity index (χ1v) is 27.7. The average Bonchev–Trinajstić information content (AvgIpc) is 1.46. The average molecular weight is 1180 g/mol. The van der Waals surface area contributed by atoms with Gasteiger partial charge in [0.1, 0.15) is 36.1 Å². The normalized spacial score (nSPS) is 28.3. The molecule has 0 aromatic heterocycles. The molecule has 4 heterocycles. The number of fused-ring (bicyclic) bond motifs is 14. The van der Waals surface area contributed by atoms with Crippen LogP contribution in [-0.4, -0.2) is 136 Å². The van der Waals surface area contributed by atoms with E-state index >= 15 is 0 Å². The van der Waals surface area contributed by atoms with Gasteiger partial charge in [0.25, 0.3) is 11.7 Å². The molecule has 4 aliphatic rings. The van der Waals surface area contributed by atoms with Crippen LogP contribution in [0.15, 0.2) is 132 Å². The van der Waals surface area contributed by atoms with Crippen LogP contribution in [-0.2, 0) is 42.7 Å². The largest absolute Gasteiger partial charge is 0.507 e. The minimum absolute atomic E-state index is 0.0152. The van der Waals surface area contributed by atoms with Gasteiger partial charge in [-0.1, -0.05) is 101 Å². The molecule has 7 N–H and O–H groups in total. The summed E-state index contributed by atoms with van der Waals surface area (Å²) in [6, 6.07) is 23.8. The van der Waals surface area contributed by atoms with E-state index in [1.165, 1.54) is 89.4 Å². The van der Waals surface area contributed by atoms with Crippen molar-refractivity contribution in [2.45, 2.75) is 110 Å². The molecular formula is C64H69N3O19. The maximum atomic E-state index is 14.9. The molecule has 9 rings (SSSR count). The van der Waals surface area contributed by atoms with E-state index in [0.29, 0.717) is 0 Å². The summed E-state index contributed by atoms with van der Waals surface area (Å²) >= 11 is 0. The van der Waals surface area contributed by atoms with Crippen LogP contribution < -0.4 is 15.5 Å². The number of carbonyl (C=O) groups is 6. The van der Waals surface area contributed by atoms with Crippen molar-refractivity contribution < 1.29 is 92.2 Å². The van der Waals surface area contributed by atoms with Crippen LogP contribution in [0.1, 0.15) is 101 Å². The molecule has 22 heteroatoms. The van der Waals surface area contributed by atoms with Crippen LogP contribution >= 0.6 is 0 Å². The number of aliphatic hydroxyl groups excluding tert-OH is 2. The van der Waals surface area contributed by atoms with Gasteiger partial charge in [0.2, 0.25) is 0 Å². The number of Topliss-reactive ketones (excluding diaryl/α,β-unsaturated/α-hetero) is 1. The first kappa shape index (κ1) is 62.9. The third-order valence-electron chi connectivity index (χ3n) is 15.6. The number of esters is 4. The van der Waals surface area contributed by atoms with Gasteiger partial charge >= 0.3 is 29.7 Å². The number of aromatic hydroxyl groups is 3. The van der Waals surface area contributed by atoms with E-state index in [1.807, 2.05) is 0 Å². The molecule has 5 bridgehead atoms. The number of phenolic OH excluding ortho intramolecular Hbond substituents is 3. The van der Waals surface area contributed by atoms with Gasteiger partial charge in [-0.05, 0) is 56.3 Å². The summed E-state index contributed by atoms with van der Waals surface area (Å²) in [5.41, 5.74) is 1.69. The van der Waals surface area contributed by atoms with E-state index in [1.54, 1.807) is 88.4 Å². The summed E-state index contributed by atoms with van der Waals surface area (Å²) in [6.07, 6.45) is -2.25. The molecule has 4 unspecified atom stereocenters. The van der Waals surface area contributed by atoms with Crippen molar-refractivity contribution in [1.29, 1.82) is 0 Å². The van der Waals surface area contributed by atoms with Crippen LogP contribution in [0.3, 0.4) is 0 Å². The predicted molar refractivity (Wildman–Crippen MR) is 311 cm³/mol. The Morgan fingerprint density at radius 3 is 1.88 bits per heavy atom. The summed E-state index contributed by atoms with van der Waals surface area (Å²) in [5, 5.41) is 66.1. The zero-order chi connectivity index (χ0) is 62.3.